The third kappa shape index (κ3) is 3.40. The quantitative estimate of drug-likeness (QED) is 0.275. The van der Waals surface area contributed by atoms with Crippen molar-refractivity contribution in [3.63, 3.8) is 0 Å². The minimum atomic E-state index is -0.753. The van der Waals surface area contributed by atoms with Gasteiger partial charge in [-0.2, -0.15) is 5.11 Å². The molecule has 162 valence electrons. The van der Waals surface area contributed by atoms with Crippen LogP contribution in [0.15, 0.2) is 92.2 Å². The van der Waals surface area contributed by atoms with Gasteiger partial charge in [-0.15, -0.1) is 5.11 Å². The molecule has 0 spiro atoms. The molecule has 0 saturated heterocycles. The Hall–Kier alpha value is -4.52. The second-order valence-electron chi connectivity index (χ2n) is 7.77. The molecule has 0 aliphatic rings. The molecule has 2 aromatic heterocycles. The Morgan fingerprint density at radius 1 is 0.909 bits per heavy atom. The van der Waals surface area contributed by atoms with Crippen LogP contribution in [0.1, 0.15) is 27.0 Å². The van der Waals surface area contributed by atoms with E-state index in [1.165, 1.54) is 4.40 Å². The smallest absolute Gasteiger partial charge is 0.361 e. The fraction of sp³-hybridized carbons (Fsp3) is 0.0769. The van der Waals surface area contributed by atoms with E-state index in [2.05, 4.69) is 10.2 Å². The summed E-state index contributed by atoms with van der Waals surface area (Å²) in [7, 11) is 0. The van der Waals surface area contributed by atoms with Crippen LogP contribution < -0.4 is 5.63 Å². The van der Waals surface area contributed by atoms with Crippen molar-refractivity contribution in [2.24, 2.45) is 10.2 Å². The molecule has 0 atom stereocenters. The predicted molar refractivity (Wildman–Crippen MR) is 125 cm³/mol. The highest BCUT2D eigenvalue weighted by Gasteiger charge is 2.29. The second-order valence-corrected chi connectivity index (χ2v) is 7.77. The van der Waals surface area contributed by atoms with E-state index in [4.69, 9.17) is 4.42 Å². The summed E-state index contributed by atoms with van der Waals surface area (Å²) in [5.41, 5.74) is 2.51. The van der Waals surface area contributed by atoms with Crippen LogP contribution in [0, 0.1) is 13.8 Å². The zero-order valence-electron chi connectivity index (χ0n) is 17.9. The molecule has 1 N–H and O–H groups in total. The maximum atomic E-state index is 13.6. The molecule has 0 bridgehead atoms. The molecule has 5 aromatic rings. The molecule has 0 fully saturated rings. The highest BCUT2D eigenvalue weighted by molar-refractivity contribution is 6.17. The van der Waals surface area contributed by atoms with E-state index >= 15 is 0 Å². The number of ketones is 1. The van der Waals surface area contributed by atoms with Gasteiger partial charge in [-0.1, -0.05) is 60.2 Å². The lowest BCUT2D eigenvalue weighted by Gasteiger charge is -2.03. The van der Waals surface area contributed by atoms with Crippen molar-refractivity contribution in [3.05, 3.63) is 105 Å². The zero-order valence-corrected chi connectivity index (χ0v) is 17.9. The normalized spacial score (nSPS) is 11.6. The maximum absolute atomic E-state index is 13.6. The highest BCUT2D eigenvalue weighted by Crippen LogP contribution is 2.40. The molecular weight excluding hydrogens is 418 g/mol. The number of fused-ring (bicyclic) bond motifs is 3. The first-order valence-electron chi connectivity index (χ1n) is 10.3. The molecule has 0 saturated carbocycles. The molecule has 5 rings (SSSR count). The Balaban J connectivity index is 1.84. The summed E-state index contributed by atoms with van der Waals surface area (Å²) in [5.74, 6) is -0.823. The average molecular weight is 437 g/mol. The summed E-state index contributed by atoms with van der Waals surface area (Å²) in [6, 6.07) is 21.1. The average Bonchev–Trinajstić information content (AvgIpc) is 3.12. The summed E-state index contributed by atoms with van der Waals surface area (Å²) in [6.45, 7) is 3.79. The van der Waals surface area contributed by atoms with Gasteiger partial charge in [0.2, 0.25) is 5.88 Å². The minimum absolute atomic E-state index is 0.0619. The van der Waals surface area contributed by atoms with E-state index in [0.717, 1.165) is 11.1 Å². The number of carbonyl (C=O) groups is 1. The molecule has 0 amide bonds. The van der Waals surface area contributed by atoms with Gasteiger partial charge in [0.1, 0.15) is 5.52 Å². The van der Waals surface area contributed by atoms with Gasteiger partial charge < -0.3 is 9.52 Å². The number of aryl methyl sites for hydroxylation is 2. The van der Waals surface area contributed by atoms with Gasteiger partial charge >= 0.3 is 5.63 Å². The number of rotatable bonds is 4. The van der Waals surface area contributed by atoms with Crippen molar-refractivity contribution in [1.29, 1.82) is 0 Å². The number of nitrogens with zero attached hydrogens (tertiary/aromatic N) is 3. The number of benzene rings is 3. The first-order valence-corrected chi connectivity index (χ1v) is 10.3. The van der Waals surface area contributed by atoms with Crippen LogP contribution in [-0.2, 0) is 0 Å². The Kier molecular flexibility index (Phi) is 4.86. The van der Waals surface area contributed by atoms with Crippen molar-refractivity contribution < 1.29 is 14.3 Å². The first-order chi connectivity index (χ1) is 16.0. The van der Waals surface area contributed by atoms with Gasteiger partial charge in [0.05, 0.1) is 16.8 Å². The van der Waals surface area contributed by atoms with Gasteiger partial charge in [-0.3, -0.25) is 9.20 Å². The van der Waals surface area contributed by atoms with E-state index in [9.17, 15) is 14.7 Å². The summed E-state index contributed by atoms with van der Waals surface area (Å²) in [4.78, 5) is 26.5. The summed E-state index contributed by atoms with van der Waals surface area (Å²) < 4.78 is 6.76. The lowest BCUT2D eigenvalue weighted by Crippen LogP contribution is -2.10. The van der Waals surface area contributed by atoms with Gasteiger partial charge in [0, 0.05) is 5.56 Å². The van der Waals surface area contributed by atoms with Crippen LogP contribution in [0.5, 0.6) is 5.88 Å². The van der Waals surface area contributed by atoms with Crippen LogP contribution in [-0.4, -0.2) is 15.3 Å². The second kappa shape index (κ2) is 7.87. The number of hydrogen-bond acceptors (Lipinski definition) is 6. The van der Waals surface area contributed by atoms with Crippen molar-refractivity contribution in [1.82, 2.24) is 4.40 Å². The molecule has 7 nitrogen and oxygen atoms in total. The molecule has 3 aromatic carbocycles. The minimum Gasteiger partial charge on any atom is -0.493 e. The van der Waals surface area contributed by atoms with Crippen LogP contribution in [0.2, 0.25) is 0 Å². The monoisotopic (exact) mass is 437 g/mol. The predicted octanol–water partition coefficient (Wildman–Crippen LogP) is 6.01. The molecule has 0 aliphatic carbocycles. The van der Waals surface area contributed by atoms with Gasteiger partial charge in [0.15, 0.2) is 17.1 Å². The topological polar surface area (TPSA) is 96.6 Å². The molecule has 0 aliphatic heterocycles. The number of azo groups is 1. The van der Waals surface area contributed by atoms with Crippen molar-refractivity contribution in [2.45, 2.75) is 13.8 Å². The third-order valence-electron chi connectivity index (χ3n) is 5.54. The Morgan fingerprint density at radius 2 is 1.61 bits per heavy atom. The van der Waals surface area contributed by atoms with Crippen molar-refractivity contribution in [3.8, 4) is 5.88 Å². The first kappa shape index (κ1) is 20.4. The number of hydrogen-bond donors (Lipinski definition) is 1. The largest absolute Gasteiger partial charge is 0.493 e. The van der Waals surface area contributed by atoms with Crippen molar-refractivity contribution >= 4 is 33.8 Å². The molecule has 33 heavy (non-hydrogen) atoms. The van der Waals surface area contributed by atoms with Gasteiger partial charge in [-0.25, -0.2) is 4.79 Å². The lowest BCUT2D eigenvalue weighted by atomic mass is 10.0. The Labute approximate surface area is 188 Å². The standard InChI is InChI=1S/C26H19N3O4/c1-15-11-13-17(14-12-15)24(30)21-22(28-27-18-8-4-3-7-16(18)2)25(31)29-19-9-5-6-10-20(19)33-26(32)23(21)29/h3-14,31H,1-2H3. The molecular formula is C26H19N3O4. The van der Waals surface area contributed by atoms with Crippen LogP contribution >= 0.6 is 0 Å². The molecule has 7 heteroatoms. The van der Waals surface area contributed by atoms with Crippen LogP contribution in [0.25, 0.3) is 16.6 Å². The van der Waals surface area contributed by atoms with Gasteiger partial charge in [-0.05, 0) is 37.6 Å². The number of carbonyl (C=O) groups excluding carboxylic acids is 1. The van der Waals surface area contributed by atoms with Crippen molar-refractivity contribution in [2.75, 3.05) is 0 Å². The molecule has 0 radical (unpaired) electrons. The van der Waals surface area contributed by atoms with E-state index in [1.807, 2.05) is 32.0 Å². The maximum Gasteiger partial charge on any atom is 0.361 e. The Bertz CT molecular complexity index is 1630. The summed E-state index contributed by atoms with van der Waals surface area (Å²) in [6.07, 6.45) is 0. The lowest BCUT2D eigenvalue weighted by molar-refractivity contribution is 0.104. The molecule has 0 unspecified atom stereocenters. The van der Waals surface area contributed by atoms with Gasteiger partial charge in [0.25, 0.3) is 0 Å². The molecule has 2 heterocycles. The fourth-order valence-corrected chi connectivity index (χ4v) is 3.79. The summed E-state index contributed by atoms with van der Waals surface area (Å²) >= 11 is 0. The SMILES string of the molecule is Cc1ccc(C(=O)c2c(N=Nc3ccccc3C)c(O)n3c2c(=O)oc2ccccc23)cc1. The van der Waals surface area contributed by atoms with E-state index < -0.39 is 11.4 Å². The van der Waals surface area contributed by atoms with E-state index in [-0.39, 0.29) is 28.2 Å². The van der Waals surface area contributed by atoms with Crippen LogP contribution in [0.3, 0.4) is 0 Å². The number of aromatic nitrogens is 1. The zero-order chi connectivity index (χ0) is 23.1. The summed E-state index contributed by atoms with van der Waals surface area (Å²) in [5, 5.41) is 19.7. The number of para-hydroxylation sites is 2. The third-order valence-corrected chi connectivity index (χ3v) is 5.54. The number of aromatic hydroxyl groups is 1. The fourth-order valence-electron chi connectivity index (χ4n) is 3.79. The highest BCUT2D eigenvalue weighted by atomic mass is 16.4. The van der Waals surface area contributed by atoms with Crippen LogP contribution in [0.4, 0.5) is 11.4 Å². The Morgan fingerprint density at radius 3 is 2.36 bits per heavy atom. The van der Waals surface area contributed by atoms with E-state index in [1.54, 1.807) is 54.6 Å². The van der Waals surface area contributed by atoms with E-state index in [0.29, 0.717) is 16.8 Å².